The lowest BCUT2D eigenvalue weighted by atomic mass is 10.2. The molecule has 3 aromatic rings. The number of nitrogens with zero attached hydrogens (tertiary/aromatic N) is 2. The van der Waals surface area contributed by atoms with Gasteiger partial charge in [-0.05, 0) is 34.7 Å². The topological polar surface area (TPSA) is 118 Å². The summed E-state index contributed by atoms with van der Waals surface area (Å²) in [5.74, 6) is -0.656. The third kappa shape index (κ3) is 3.60. The number of fused-ring (bicyclic) bond motifs is 1. The molecule has 1 aromatic heterocycles. The number of carbonyl (C=O) groups excluding carboxylic acids is 1. The van der Waals surface area contributed by atoms with Crippen molar-refractivity contribution in [2.45, 2.75) is 0 Å². The molecule has 0 saturated heterocycles. The minimum Gasteiger partial charge on any atom is -0.506 e. The van der Waals surface area contributed by atoms with Crippen molar-refractivity contribution in [2.24, 2.45) is 5.10 Å². The lowest BCUT2D eigenvalue weighted by Crippen LogP contribution is -2.16. The number of aromatic hydroxyl groups is 1. The number of benzene rings is 2. The van der Waals surface area contributed by atoms with Crippen LogP contribution >= 0.6 is 22.6 Å². The van der Waals surface area contributed by atoms with Gasteiger partial charge < -0.3 is 9.52 Å². The van der Waals surface area contributed by atoms with Crippen LogP contribution in [0.3, 0.4) is 0 Å². The summed E-state index contributed by atoms with van der Waals surface area (Å²) in [6.07, 6.45) is 1.13. The predicted octanol–water partition coefficient (Wildman–Crippen LogP) is 3.42. The number of phenols is 1. The molecule has 0 aliphatic carbocycles. The zero-order chi connectivity index (χ0) is 18.0. The highest BCUT2D eigenvalue weighted by Gasteiger charge is 2.14. The molecule has 0 spiro atoms. The molecular weight excluding hydrogens is 441 g/mol. The number of furan rings is 1. The Balaban J connectivity index is 1.78. The average molecular weight is 451 g/mol. The first-order chi connectivity index (χ1) is 12.0. The minimum atomic E-state index is -0.577. The van der Waals surface area contributed by atoms with Gasteiger partial charge in [-0.1, -0.05) is 18.2 Å². The number of phenolic OH excluding ortho intramolecular Hbond substituents is 1. The Morgan fingerprint density at radius 2 is 2.08 bits per heavy atom. The molecule has 0 bridgehead atoms. The fourth-order valence-electron chi connectivity index (χ4n) is 2.12. The van der Waals surface area contributed by atoms with Crippen LogP contribution in [0.5, 0.6) is 5.75 Å². The van der Waals surface area contributed by atoms with Crippen molar-refractivity contribution in [3.8, 4) is 5.75 Å². The number of hydrogen-bond acceptors (Lipinski definition) is 6. The monoisotopic (exact) mass is 451 g/mol. The zero-order valence-corrected chi connectivity index (χ0v) is 14.6. The molecule has 8 nitrogen and oxygen atoms in total. The van der Waals surface area contributed by atoms with E-state index >= 15 is 0 Å². The number of hydrazone groups is 1. The molecule has 25 heavy (non-hydrogen) atoms. The Morgan fingerprint density at radius 3 is 2.80 bits per heavy atom. The van der Waals surface area contributed by atoms with Gasteiger partial charge in [0.2, 0.25) is 0 Å². The summed E-state index contributed by atoms with van der Waals surface area (Å²) in [5, 5.41) is 25.3. The second-order valence-corrected chi connectivity index (χ2v) is 6.13. The molecular formula is C16H10IN3O5. The number of para-hydroxylation sites is 1. The standard InChI is InChI=1S/C16H10IN3O5/c17-12-7-11(20(23)24)5-10(15(12)21)8-18-19-16(22)14-6-9-3-1-2-4-13(9)25-14/h1-8,21H,(H,19,22)/b18-8+. The van der Waals surface area contributed by atoms with E-state index in [-0.39, 0.29) is 22.8 Å². The molecule has 126 valence electrons. The Labute approximate surface area is 154 Å². The quantitative estimate of drug-likeness (QED) is 0.273. The lowest BCUT2D eigenvalue weighted by molar-refractivity contribution is -0.385. The maximum atomic E-state index is 12.0. The lowest BCUT2D eigenvalue weighted by Gasteiger charge is -2.02. The van der Waals surface area contributed by atoms with Crippen LogP contribution in [-0.2, 0) is 0 Å². The van der Waals surface area contributed by atoms with E-state index in [1.54, 1.807) is 40.8 Å². The van der Waals surface area contributed by atoms with Crippen LogP contribution in [0.15, 0.2) is 52.0 Å². The second kappa shape index (κ2) is 6.89. The van der Waals surface area contributed by atoms with E-state index in [1.165, 1.54) is 6.07 Å². The molecule has 3 rings (SSSR count). The second-order valence-electron chi connectivity index (χ2n) is 4.97. The number of hydrogen-bond donors (Lipinski definition) is 2. The Hall–Kier alpha value is -2.95. The molecule has 0 saturated carbocycles. The SMILES string of the molecule is O=C(N/N=C/c1cc([N+](=O)[O-])cc(I)c1O)c1cc2ccccc2o1. The van der Waals surface area contributed by atoms with Crippen molar-refractivity contribution in [3.63, 3.8) is 0 Å². The highest BCUT2D eigenvalue weighted by atomic mass is 127. The molecule has 0 fully saturated rings. The van der Waals surface area contributed by atoms with E-state index in [9.17, 15) is 20.0 Å². The van der Waals surface area contributed by atoms with E-state index in [0.29, 0.717) is 9.15 Å². The Kier molecular flexibility index (Phi) is 4.65. The van der Waals surface area contributed by atoms with Crippen LogP contribution in [0.25, 0.3) is 11.0 Å². The number of halogens is 1. The summed E-state index contributed by atoms with van der Waals surface area (Å²) in [5.41, 5.74) is 2.76. The van der Waals surface area contributed by atoms with E-state index < -0.39 is 10.8 Å². The van der Waals surface area contributed by atoms with E-state index in [2.05, 4.69) is 10.5 Å². The molecule has 0 unspecified atom stereocenters. The maximum absolute atomic E-state index is 12.0. The predicted molar refractivity (Wildman–Crippen MR) is 98.8 cm³/mol. The molecule has 1 amide bonds. The van der Waals surface area contributed by atoms with Crippen molar-refractivity contribution >= 4 is 51.4 Å². The fourth-order valence-corrected chi connectivity index (χ4v) is 2.75. The van der Waals surface area contributed by atoms with Crippen molar-refractivity contribution in [1.29, 1.82) is 0 Å². The molecule has 2 aromatic carbocycles. The number of nitrogens with one attached hydrogen (secondary N) is 1. The number of nitro groups is 1. The van der Waals surface area contributed by atoms with Crippen LogP contribution in [0.1, 0.15) is 16.1 Å². The molecule has 9 heteroatoms. The van der Waals surface area contributed by atoms with Crippen LogP contribution in [0.4, 0.5) is 5.69 Å². The van der Waals surface area contributed by atoms with Crippen molar-refractivity contribution in [3.05, 3.63) is 67.5 Å². The van der Waals surface area contributed by atoms with Gasteiger partial charge in [0.05, 0.1) is 14.7 Å². The van der Waals surface area contributed by atoms with Crippen LogP contribution in [-0.4, -0.2) is 22.2 Å². The fraction of sp³-hybridized carbons (Fsp3) is 0. The number of rotatable bonds is 4. The van der Waals surface area contributed by atoms with Gasteiger partial charge in [0.1, 0.15) is 11.3 Å². The van der Waals surface area contributed by atoms with Gasteiger partial charge in [-0.2, -0.15) is 5.10 Å². The van der Waals surface area contributed by atoms with Gasteiger partial charge in [0, 0.05) is 23.1 Å². The van der Waals surface area contributed by atoms with E-state index in [4.69, 9.17) is 4.42 Å². The summed E-state index contributed by atoms with van der Waals surface area (Å²) in [4.78, 5) is 22.3. The van der Waals surface area contributed by atoms with Crippen LogP contribution < -0.4 is 5.43 Å². The van der Waals surface area contributed by atoms with Gasteiger partial charge in [-0.25, -0.2) is 5.43 Å². The average Bonchev–Trinajstić information content (AvgIpc) is 3.02. The highest BCUT2D eigenvalue weighted by molar-refractivity contribution is 14.1. The minimum absolute atomic E-state index is 0.0798. The van der Waals surface area contributed by atoms with Crippen molar-refractivity contribution in [1.82, 2.24) is 5.43 Å². The smallest absolute Gasteiger partial charge is 0.307 e. The number of amides is 1. The van der Waals surface area contributed by atoms with E-state index in [1.807, 2.05) is 12.1 Å². The molecule has 2 N–H and O–H groups in total. The normalized spacial score (nSPS) is 11.1. The van der Waals surface area contributed by atoms with Gasteiger partial charge in [-0.15, -0.1) is 0 Å². The number of nitro benzene ring substituents is 1. The molecule has 0 radical (unpaired) electrons. The number of non-ortho nitro benzene ring substituents is 1. The van der Waals surface area contributed by atoms with Gasteiger partial charge in [-0.3, -0.25) is 14.9 Å². The number of carbonyl (C=O) groups is 1. The molecule has 0 aliphatic heterocycles. The van der Waals surface area contributed by atoms with E-state index in [0.717, 1.165) is 17.7 Å². The third-order valence-corrected chi connectivity index (χ3v) is 4.13. The first kappa shape index (κ1) is 16.9. The summed E-state index contributed by atoms with van der Waals surface area (Å²) in [6, 6.07) is 11.1. The van der Waals surface area contributed by atoms with Crippen molar-refractivity contribution in [2.75, 3.05) is 0 Å². The summed E-state index contributed by atoms with van der Waals surface area (Å²) < 4.78 is 5.70. The molecule has 1 heterocycles. The first-order valence-electron chi connectivity index (χ1n) is 6.94. The zero-order valence-electron chi connectivity index (χ0n) is 12.5. The van der Waals surface area contributed by atoms with Crippen LogP contribution in [0.2, 0.25) is 0 Å². The Morgan fingerprint density at radius 1 is 1.32 bits per heavy atom. The maximum Gasteiger partial charge on any atom is 0.307 e. The summed E-state index contributed by atoms with van der Waals surface area (Å²) in [7, 11) is 0. The molecule has 0 aliphatic rings. The van der Waals surface area contributed by atoms with Crippen LogP contribution in [0, 0.1) is 13.7 Å². The molecule has 0 atom stereocenters. The summed E-state index contributed by atoms with van der Waals surface area (Å²) in [6.45, 7) is 0. The first-order valence-corrected chi connectivity index (χ1v) is 8.02. The summed E-state index contributed by atoms with van der Waals surface area (Å²) >= 11 is 1.77. The van der Waals surface area contributed by atoms with Gasteiger partial charge >= 0.3 is 5.91 Å². The highest BCUT2D eigenvalue weighted by Crippen LogP contribution is 2.28. The van der Waals surface area contributed by atoms with Crippen molar-refractivity contribution < 1.29 is 19.2 Å². The third-order valence-electron chi connectivity index (χ3n) is 3.31. The largest absolute Gasteiger partial charge is 0.506 e. The van der Waals surface area contributed by atoms with Gasteiger partial charge in [0.25, 0.3) is 5.69 Å². The Bertz CT molecular complexity index is 979. The van der Waals surface area contributed by atoms with Gasteiger partial charge in [0.15, 0.2) is 5.76 Å².